The molecule has 1 unspecified atom stereocenters. The summed E-state index contributed by atoms with van der Waals surface area (Å²) in [5, 5.41) is 27.0. The molecule has 1 aromatic carbocycles. The molecule has 0 radical (unpaired) electrons. The number of pyridine rings is 1. The predicted molar refractivity (Wildman–Crippen MR) is 108 cm³/mol. The maximum atomic E-state index is 12.6. The monoisotopic (exact) mass is 383 g/mol. The Morgan fingerprint density at radius 2 is 2.18 bits per heavy atom. The number of fused-ring (bicyclic) bond motifs is 2. The second kappa shape index (κ2) is 9.18. The Labute approximate surface area is 163 Å². The molecular weight excluding hydrogens is 358 g/mol. The zero-order chi connectivity index (χ0) is 19.9. The van der Waals surface area contributed by atoms with Crippen LogP contribution in [0.2, 0.25) is 0 Å². The minimum absolute atomic E-state index is 0.273. The normalized spacial score (nSPS) is 19.9. The summed E-state index contributed by atoms with van der Waals surface area (Å²) in [7, 11) is 0. The lowest BCUT2D eigenvalue weighted by Gasteiger charge is -2.26. The second-order valence-corrected chi connectivity index (χ2v) is 6.50. The quantitative estimate of drug-likeness (QED) is 0.520. The minimum Gasteiger partial charge on any atom is -0.476 e. The van der Waals surface area contributed by atoms with Gasteiger partial charge in [0.05, 0.1) is 18.8 Å². The van der Waals surface area contributed by atoms with Crippen molar-refractivity contribution in [2.75, 3.05) is 23.8 Å². The number of ether oxygens (including phenoxy) is 1. The van der Waals surface area contributed by atoms with Crippen LogP contribution in [0.5, 0.6) is 5.88 Å². The van der Waals surface area contributed by atoms with E-state index in [1.807, 2.05) is 37.3 Å². The number of hydrogen-bond donors (Lipinski definition) is 5. The van der Waals surface area contributed by atoms with Crippen LogP contribution in [0.25, 0.3) is 0 Å². The lowest BCUT2D eigenvalue weighted by Crippen LogP contribution is -2.39. The van der Waals surface area contributed by atoms with E-state index in [1.165, 1.54) is 6.21 Å². The third kappa shape index (κ3) is 4.58. The maximum Gasteiger partial charge on any atom is 0.320 e. The molecule has 1 aliphatic rings. The van der Waals surface area contributed by atoms with Gasteiger partial charge in [0, 0.05) is 18.3 Å². The Morgan fingerprint density at radius 1 is 1.39 bits per heavy atom. The van der Waals surface area contributed by atoms with Crippen molar-refractivity contribution in [2.24, 2.45) is 0 Å². The van der Waals surface area contributed by atoms with Gasteiger partial charge >= 0.3 is 6.03 Å². The van der Waals surface area contributed by atoms with Crippen molar-refractivity contribution < 1.29 is 14.6 Å². The van der Waals surface area contributed by atoms with Crippen molar-refractivity contribution in [2.45, 2.75) is 31.9 Å². The highest BCUT2D eigenvalue weighted by Crippen LogP contribution is 2.29. The maximum absolute atomic E-state index is 12.6. The number of rotatable bonds is 4. The molecule has 2 bridgehead atoms. The fourth-order valence-electron chi connectivity index (χ4n) is 3.16. The van der Waals surface area contributed by atoms with Crippen LogP contribution in [0, 0.1) is 5.41 Å². The highest BCUT2D eigenvalue weighted by atomic mass is 16.5. The van der Waals surface area contributed by atoms with Gasteiger partial charge in [-0.1, -0.05) is 30.3 Å². The number of carbonyl (C=O) groups excluding carboxylic acids is 1. The second-order valence-electron chi connectivity index (χ2n) is 6.50. The van der Waals surface area contributed by atoms with Gasteiger partial charge in [-0.25, -0.2) is 4.79 Å². The number of hydrogen-bond acceptors (Lipinski definition) is 6. The number of anilines is 2. The van der Waals surface area contributed by atoms with E-state index in [0.717, 1.165) is 5.56 Å². The van der Waals surface area contributed by atoms with E-state index in [0.29, 0.717) is 43.1 Å². The highest BCUT2D eigenvalue weighted by molar-refractivity contribution is 5.93. The molecule has 8 nitrogen and oxygen atoms in total. The van der Waals surface area contributed by atoms with E-state index in [1.54, 1.807) is 6.07 Å². The molecule has 1 aromatic heterocycles. The largest absolute Gasteiger partial charge is 0.476 e. The molecule has 0 saturated heterocycles. The fourth-order valence-corrected chi connectivity index (χ4v) is 3.16. The molecule has 3 rings (SSSR count). The highest BCUT2D eigenvalue weighted by Gasteiger charge is 2.24. The van der Waals surface area contributed by atoms with Gasteiger partial charge in [0.1, 0.15) is 11.5 Å². The molecule has 5 N–H and O–H groups in total. The molecule has 28 heavy (non-hydrogen) atoms. The standard InChI is InChI=1S/C20H25N5O3/c1-2-22-18-14(12-21)11-16-23-19(18)28-10-6-9-15(26)17(25-20(27)24-16)13-7-4-3-5-8-13/h3-5,7-8,11-12,15,17,21-22,26H,2,6,9-10H2,1H3,(H2,23,24,25,27)/t15?,17-/m0/s1. The van der Waals surface area contributed by atoms with Crippen LogP contribution in [0.4, 0.5) is 16.3 Å². The number of benzene rings is 1. The van der Waals surface area contributed by atoms with Crippen LogP contribution in [0.3, 0.4) is 0 Å². The van der Waals surface area contributed by atoms with E-state index in [4.69, 9.17) is 10.1 Å². The molecule has 2 amide bonds. The molecule has 0 fully saturated rings. The Balaban J connectivity index is 1.92. The Kier molecular flexibility index (Phi) is 6.44. The number of carbonyl (C=O) groups is 1. The van der Waals surface area contributed by atoms with Gasteiger partial charge in [-0.15, -0.1) is 0 Å². The summed E-state index contributed by atoms with van der Waals surface area (Å²) in [5.41, 5.74) is 2.00. The van der Waals surface area contributed by atoms with Crippen molar-refractivity contribution in [1.82, 2.24) is 10.3 Å². The van der Waals surface area contributed by atoms with E-state index in [2.05, 4.69) is 20.9 Å². The lowest BCUT2D eigenvalue weighted by molar-refractivity contribution is 0.113. The Morgan fingerprint density at radius 3 is 2.89 bits per heavy atom. The van der Waals surface area contributed by atoms with E-state index in [9.17, 15) is 9.90 Å². The zero-order valence-electron chi connectivity index (χ0n) is 15.7. The molecule has 0 saturated carbocycles. The molecule has 0 aliphatic carbocycles. The van der Waals surface area contributed by atoms with Gasteiger partial charge in [0.25, 0.3) is 0 Å². The fraction of sp³-hybridized carbons (Fsp3) is 0.350. The number of nitrogens with one attached hydrogen (secondary N) is 4. The average Bonchev–Trinajstić information content (AvgIpc) is 2.70. The summed E-state index contributed by atoms with van der Waals surface area (Å²) < 4.78 is 5.81. The van der Waals surface area contributed by atoms with Gasteiger partial charge in [-0.05, 0) is 31.4 Å². The van der Waals surface area contributed by atoms with Gasteiger partial charge in [-0.2, -0.15) is 4.98 Å². The Bertz CT molecular complexity index is 828. The SMILES string of the molecule is CCNc1c(C=N)cc2nc1OCCCC(O)[C@H](c1ccccc1)NC(=O)N2. The van der Waals surface area contributed by atoms with Crippen molar-refractivity contribution in [3.05, 3.63) is 47.5 Å². The Hall–Kier alpha value is -3.13. The summed E-state index contributed by atoms with van der Waals surface area (Å²) >= 11 is 0. The molecule has 1 aliphatic heterocycles. The lowest BCUT2D eigenvalue weighted by atomic mass is 9.98. The van der Waals surface area contributed by atoms with Crippen molar-refractivity contribution >= 4 is 23.8 Å². The van der Waals surface area contributed by atoms with E-state index >= 15 is 0 Å². The third-order valence-electron chi connectivity index (χ3n) is 4.48. The minimum atomic E-state index is -0.757. The number of aliphatic hydroxyl groups excluding tert-OH is 1. The van der Waals surface area contributed by atoms with Crippen molar-refractivity contribution in [3.8, 4) is 5.88 Å². The number of nitrogens with zero attached hydrogens (tertiary/aromatic N) is 1. The molecule has 8 heteroatoms. The third-order valence-corrected chi connectivity index (χ3v) is 4.48. The number of aliphatic hydroxyl groups is 1. The average molecular weight is 383 g/mol. The smallest absolute Gasteiger partial charge is 0.320 e. The summed E-state index contributed by atoms with van der Waals surface area (Å²) in [6.07, 6.45) is 1.48. The van der Waals surface area contributed by atoms with Gasteiger partial charge in [-0.3, -0.25) is 5.32 Å². The molecular formula is C20H25N5O3. The summed E-state index contributed by atoms with van der Waals surface area (Å²) in [6.45, 7) is 2.94. The number of amides is 2. The molecule has 2 atom stereocenters. The first kappa shape index (κ1) is 19.6. The van der Waals surface area contributed by atoms with Crippen LogP contribution in [0.15, 0.2) is 36.4 Å². The molecule has 2 aromatic rings. The van der Waals surface area contributed by atoms with E-state index in [-0.39, 0.29) is 5.82 Å². The van der Waals surface area contributed by atoms with Crippen LogP contribution in [-0.4, -0.2) is 41.6 Å². The van der Waals surface area contributed by atoms with Gasteiger partial charge < -0.3 is 25.9 Å². The number of urea groups is 1. The summed E-state index contributed by atoms with van der Waals surface area (Å²) in [5.74, 6) is 0.599. The van der Waals surface area contributed by atoms with E-state index < -0.39 is 18.2 Å². The molecule has 2 heterocycles. The number of aromatic nitrogens is 1. The molecule has 148 valence electrons. The zero-order valence-corrected chi connectivity index (χ0v) is 15.7. The van der Waals surface area contributed by atoms with Gasteiger partial charge in [0.15, 0.2) is 0 Å². The van der Waals surface area contributed by atoms with Crippen molar-refractivity contribution in [1.29, 1.82) is 5.41 Å². The first-order valence-corrected chi connectivity index (χ1v) is 9.35. The van der Waals surface area contributed by atoms with Gasteiger partial charge in [0.2, 0.25) is 5.88 Å². The van der Waals surface area contributed by atoms with Crippen LogP contribution in [-0.2, 0) is 0 Å². The first-order valence-electron chi connectivity index (χ1n) is 9.35. The predicted octanol–water partition coefficient (Wildman–Crippen LogP) is 2.91. The summed E-state index contributed by atoms with van der Waals surface area (Å²) in [4.78, 5) is 16.9. The van der Waals surface area contributed by atoms with Crippen molar-refractivity contribution in [3.63, 3.8) is 0 Å². The van der Waals surface area contributed by atoms with Crippen LogP contribution < -0.4 is 20.7 Å². The molecule has 0 spiro atoms. The summed E-state index contributed by atoms with van der Waals surface area (Å²) in [6, 6.07) is 9.92. The first-order chi connectivity index (χ1) is 13.6. The van der Waals surface area contributed by atoms with Crippen LogP contribution in [0.1, 0.15) is 36.9 Å². The topological polar surface area (TPSA) is 119 Å². The van der Waals surface area contributed by atoms with Crippen LogP contribution >= 0.6 is 0 Å².